The summed E-state index contributed by atoms with van der Waals surface area (Å²) in [6, 6.07) is 6.63. The van der Waals surface area contributed by atoms with Crippen molar-refractivity contribution < 1.29 is 23.2 Å². The van der Waals surface area contributed by atoms with Crippen LogP contribution in [0.1, 0.15) is 12.8 Å². The number of rotatable bonds is 6. The molecule has 0 atom stereocenters. The van der Waals surface area contributed by atoms with E-state index < -0.39 is 6.61 Å². The number of amides is 1. The number of ether oxygens (including phenoxy) is 1. The van der Waals surface area contributed by atoms with Gasteiger partial charge in [0, 0.05) is 11.7 Å². The molecule has 1 aliphatic carbocycles. The molecule has 1 saturated heterocycles. The van der Waals surface area contributed by atoms with Crippen LogP contribution >= 0.6 is 12.2 Å². The van der Waals surface area contributed by atoms with E-state index in [-0.39, 0.29) is 11.7 Å². The van der Waals surface area contributed by atoms with Gasteiger partial charge in [-0.15, -0.1) is 0 Å². The second-order valence-corrected chi connectivity index (χ2v) is 6.98. The molecule has 1 aromatic carbocycles. The number of hydrogen-bond acceptors (Lipinski definition) is 3. The van der Waals surface area contributed by atoms with Crippen molar-refractivity contribution in [3.05, 3.63) is 24.3 Å². The molecule has 1 aliphatic heterocycles. The average molecular weight is 385 g/mol. The van der Waals surface area contributed by atoms with Crippen molar-refractivity contribution in [1.82, 2.24) is 10.2 Å². The molecular formula is C17H23F2N4O2S+. The van der Waals surface area contributed by atoms with E-state index in [2.05, 4.69) is 20.3 Å². The number of hydrogen-bond donors (Lipinski definition) is 3. The molecule has 0 spiro atoms. The van der Waals surface area contributed by atoms with E-state index in [9.17, 15) is 13.6 Å². The molecule has 2 aliphatic rings. The highest BCUT2D eigenvalue weighted by molar-refractivity contribution is 7.80. The van der Waals surface area contributed by atoms with Crippen molar-refractivity contribution in [3.8, 4) is 5.75 Å². The topological polar surface area (TPSA) is 58.0 Å². The Bertz CT molecular complexity index is 632. The minimum absolute atomic E-state index is 0.109. The number of benzene rings is 1. The number of carbonyl (C=O) groups excluding carboxylic acids is 1. The molecule has 1 saturated carbocycles. The molecule has 0 radical (unpaired) electrons. The normalized spacial score (nSPS) is 17.9. The van der Waals surface area contributed by atoms with Gasteiger partial charge in [0.05, 0.1) is 26.2 Å². The van der Waals surface area contributed by atoms with Crippen molar-refractivity contribution in [2.75, 3.05) is 38.0 Å². The predicted molar refractivity (Wildman–Crippen MR) is 97.6 cm³/mol. The van der Waals surface area contributed by atoms with Gasteiger partial charge in [0.15, 0.2) is 11.7 Å². The fourth-order valence-electron chi connectivity index (χ4n) is 2.86. The van der Waals surface area contributed by atoms with E-state index in [4.69, 9.17) is 12.2 Å². The second-order valence-electron chi connectivity index (χ2n) is 6.59. The SMILES string of the molecule is O=C(C[NH+]1CCN(C(=S)Nc2ccc(OC(F)F)cc2)CC1)NC1CC1. The molecule has 0 aromatic heterocycles. The third-order valence-electron chi connectivity index (χ3n) is 4.44. The van der Waals surface area contributed by atoms with Crippen LogP contribution in [-0.4, -0.2) is 61.3 Å². The summed E-state index contributed by atoms with van der Waals surface area (Å²) in [7, 11) is 0. The van der Waals surface area contributed by atoms with Crippen LogP contribution in [0.4, 0.5) is 14.5 Å². The summed E-state index contributed by atoms with van der Waals surface area (Å²) in [6.07, 6.45) is 2.20. The molecular weight excluding hydrogens is 362 g/mol. The Labute approximate surface area is 156 Å². The number of nitrogens with one attached hydrogen (secondary N) is 3. The maximum atomic E-state index is 12.2. The molecule has 26 heavy (non-hydrogen) atoms. The Morgan fingerprint density at radius 2 is 1.92 bits per heavy atom. The third-order valence-corrected chi connectivity index (χ3v) is 4.80. The third kappa shape index (κ3) is 5.77. The molecule has 3 N–H and O–H groups in total. The zero-order valence-electron chi connectivity index (χ0n) is 14.3. The minimum Gasteiger partial charge on any atom is -0.435 e. The summed E-state index contributed by atoms with van der Waals surface area (Å²) in [6.45, 7) is 0.910. The summed E-state index contributed by atoms with van der Waals surface area (Å²) >= 11 is 5.43. The molecule has 2 fully saturated rings. The monoisotopic (exact) mass is 385 g/mol. The number of carbonyl (C=O) groups is 1. The standard InChI is InChI=1S/C17H22F2N4O2S/c18-16(19)25-14-5-3-13(4-6-14)21-17(26)23-9-7-22(8-10-23)11-15(24)20-12-1-2-12/h3-6,12,16H,1-2,7-11H2,(H,20,24)(H,21,26)/p+1. The molecule has 1 heterocycles. The van der Waals surface area contributed by atoms with Gasteiger partial charge in [0.25, 0.3) is 5.91 Å². The quantitative estimate of drug-likeness (QED) is 0.622. The smallest absolute Gasteiger partial charge is 0.387 e. The maximum absolute atomic E-state index is 12.2. The minimum atomic E-state index is -2.83. The zero-order valence-corrected chi connectivity index (χ0v) is 15.2. The Balaban J connectivity index is 1.40. The largest absolute Gasteiger partial charge is 0.435 e. The number of piperazine rings is 1. The summed E-state index contributed by atoms with van der Waals surface area (Å²) in [5.74, 6) is 0.237. The van der Waals surface area contributed by atoms with Gasteiger partial charge >= 0.3 is 6.61 Å². The highest BCUT2D eigenvalue weighted by atomic mass is 32.1. The van der Waals surface area contributed by atoms with E-state index >= 15 is 0 Å². The van der Waals surface area contributed by atoms with Crippen LogP contribution in [0.15, 0.2) is 24.3 Å². The number of alkyl halides is 2. The van der Waals surface area contributed by atoms with Crippen LogP contribution in [0, 0.1) is 0 Å². The zero-order chi connectivity index (χ0) is 18.5. The van der Waals surface area contributed by atoms with Gasteiger partial charge in [-0.1, -0.05) is 0 Å². The van der Waals surface area contributed by atoms with Crippen molar-refractivity contribution in [2.24, 2.45) is 0 Å². The Kier molecular flexibility index (Phi) is 6.20. The van der Waals surface area contributed by atoms with E-state index in [1.807, 2.05) is 0 Å². The predicted octanol–water partition coefficient (Wildman–Crippen LogP) is 0.464. The van der Waals surface area contributed by atoms with Gasteiger partial charge < -0.3 is 25.2 Å². The van der Waals surface area contributed by atoms with Crippen LogP contribution in [0.2, 0.25) is 0 Å². The van der Waals surface area contributed by atoms with E-state index in [0.717, 1.165) is 44.7 Å². The molecule has 6 nitrogen and oxygen atoms in total. The highest BCUT2D eigenvalue weighted by Crippen LogP contribution is 2.18. The maximum Gasteiger partial charge on any atom is 0.387 e. The highest BCUT2D eigenvalue weighted by Gasteiger charge is 2.27. The molecule has 3 rings (SSSR count). The lowest BCUT2D eigenvalue weighted by atomic mass is 10.3. The van der Waals surface area contributed by atoms with E-state index in [1.54, 1.807) is 12.1 Å². The number of thiocarbonyl (C=S) groups is 1. The van der Waals surface area contributed by atoms with Gasteiger partial charge in [-0.3, -0.25) is 4.79 Å². The van der Waals surface area contributed by atoms with Crippen molar-refractivity contribution in [1.29, 1.82) is 0 Å². The van der Waals surface area contributed by atoms with Gasteiger partial charge in [0.2, 0.25) is 0 Å². The first-order chi connectivity index (χ1) is 12.5. The Morgan fingerprint density at radius 1 is 1.27 bits per heavy atom. The van der Waals surface area contributed by atoms with Gasteiger partial charge in [-0.05, 0) is 49.3 Å². The van der Waals surface area contributed by atoms with Crippen LogP contribution in [-0.2, 0) is 4.79 Å². The molecule has 1 aromatic rings. The number of anilines is 1. The summed E-state index contributed by atoms with van der Waals surface area (Å²) < 4.78 is 28.6. The number of quaternary nitrogens is 1. The Hall–Kier alpha value is -2.00. The van der Waals surface area contributed by atoms with Crippen molar-refractivity contribution >= 4 is 28.9 Å². The molecule has 0 bridgehead atoms. The van der Waals surface area contributed by atoms with Crippen LogP contribution < -0.4 is 20.3 Å². The van der Waals surface area contributed by atoms with Gasteiger partial charge in [-0.25, -0.2) is 0 Å². The fraction of sp³-hybridized carbons (Fsp3) is 0.529. The number of halogens is 2. The van der Waals surface area contributed by atoms with Gasteiger partial charge in [-0.2, -0.15) is 8.78 Å². The lowest BCUT2D eigenvalue weighted by molar-refractivity contribution is -0.895. The van der Waals surface area contributed by atoms with Crippen LogP contribution in [0.5, 0.6) is 5.75 Å². The molecule has 1 amide bonds. The first kappa shape index (κ1) is 18.8. The van der Waals surface area contributed by atoms with E-state index in [0.29, 0.717) is 17.7 Å². The first-order valence-electron chi connectivity index (χ1n) is 8.73. The van der Waals surface area contributed by atoms with Crippen LogP contribution in [0.25, 0.3) is 0 Å². The summed E-state index contributed by atoms with van der Waals surface area (Å²) in [5, 5.41) is 6.71. The lowest BCUT2D eigenvalue weighted by Crippen LogP contribution is -3.15. The van der Waals surface area contributed by atoms with Gasteiger partial charge in [0.1, 0.15) is 5.75 Å². The van der Waals surface area contributed by atoms with Crippen LogP contribution in [0.3, 0.4) is 0 Å². The Morgan fingerprint density at radius 3 is 2.50 bits per heavy atom. The first-order valence-corrected chi connectivity index (χ1v) is 9.14. The molecule has 0 unspecified atom stereocenters. The number of nitrogens with zero attached hydrogens (tertiary/aromatic N) is 1. The summed E-state index contributed by atoms with van der Waals surface area (Å²) in [5.41, 5.74) is 0.718. The lowest BCUT2D eigenvalue weighted by Gasteiger charge is -2.33. The fourth-order valence-corrected chi connectivity index (χ4v) is 3.16. The molecule has 142 valence electrons. The summed E-state index contributed by atoms with van der Waals surface area (Å²) in [4.78, 5) is 15.2. The molecule has 9 heteroatoms. The second kappa shape index (κ2) is 8.59. The van der Waals surface area contributed by atoms with Crippen molar-refractivity contribution in [2.45, 2.75) is 25.5 Å². The van der Waals surface area contributed by atoms with E-state index in [1.165, 1.54) is 17.0 Å². The average Bonchev–Trinajstić information content (AvgIpc) is 3.40. The van der Waals surface area contributed by atoms with Crippen molar-refractivity contribution in [3.63, 3.8) is 0 Å².